The van der Waals surface area contributed by atoms with Gasteiger partial charge < -0.3 is 9.84 Å². The molecule has 1 N–H and O–H groups in total. The maximum absolute atomic E-state index is 11.5. The lowest BCUT2D eigenvalue weighted by Crippen LogP contribution is -2.25. The molecule has 0 atom stereocenters. The average molecular weight is 218 g/mol. The van der Waals surface area contributed by atoms with Crippen molar-refractivity contribution in [3.63, 3.8) is 0 Å². The minimum atomic E-state index is -0.0131. The third-order valence-electron chi connectivity index (χ3n) is 2.35. The van der Waals surface area contributed by atoms with Gasteiger partial charge in [-0.3, -0.25) is 4.79 Å². The average Bonchev–Trinajstić information content (AvgIpc) is 2.70. The zero-order valence-corrected chi connectivity index (χ0v) is 9.19. The molecule has 0 radical (unpaired) electrons. The Kier molecular flexibility index (Phi) is 3.19. The number of aromatic nitrogens is 1. The molecule has 0 spiro atoms. The number of rotatable bonds is 4. The van der Waals surface area contributed by atoms with Crippen LogP contribution < -0.4 is 5.32 Å². The number of nitrogens with one attached hydrogen (secondary N) is 1. The van der Waals surface area contributed by atoms with Gasteiger partial charge in [-0.2, -0.15) is 0 Å². The van der Waals surface area contributed by atoms with Crippen LogP contribution in [0.3, 0.4) is 0 Å². The SMILES string of the molecule is CCCNC(=O)Cc1noc2ccccc12. The Morgan fingerprint density at radius 3 is 3.06 bits per heavy atom. The van der Waals surface area contributed by atoms with Gasteiger partial charge in [-0.15, -0.1) is 0 Å². The Morgan fingerprint density at radius 2 is 2.25 bits per heavy atom. The van der Waals surface area contributed by atoms with Gasteiger partial charge in [-0.25, -0.2) is 0 Å². The smallest absolute Gasteiger partial charge is 0.226 e. The summed E-state index contributed by atoms with van der Waals surface area (Å²) < 4.78 is 5.12. The van der Waals surface area contributed by atoms with Crippen LogP contribution in [0.4, 0.5) is 0 Å². The standard InChI is InChI=1S/C12H14N2O2/c1-2-7-13-12(15)8-10-9-5-3-4-6-11(9)16-14-10/h3-6H,2,7-8H2,1H3,(H,13,15). The molecule has 2 rings (SSSR count). The molecule has 4 heteroatoms. The fraction of sp³-hybridized carbons (Fsp3) is 0.333. The number of benzene rings is 1. The predicted molar refractivity (Wildman–Crippen MR) is 61.0 cm³/mol. The van der Waals surface area contributed by atoms with Gasteiger partial charge in [-0.1, -0.05) is 24.2 Å². The molecule has 4 nitrogen and oxygen atoms in total. The number of amides is 1. The lowest BCUT2D eigenvalue weighted by atomic mass is 10.1. The van der Waals surface area contributed by atoms with Crippen molar-refractivity contribution in [2.45, 2.75) is 19.8 Å². The van der Waals surface area contributed by atoms with E-state index in [-0.39, 0.29) is 12.3 Å². The largest absolute Gasteiger partial charge is 0.356 e. The summed E-state index contributed by atoms with van der Waals surface area (Å²) in [5.74, 6) is -0.0131. The molecule has 16 heavy (non-hydrogen) atoms. The van der Waals surface area contributed by atoms with Crippen LogP contribution in [-0.4, -0.2) is 17.6 Å². The first-order valence-corrected chi connectivity index (χ1v) is 5.41. The Balaban J connectivity index is 2.12. The van der Waals surface area contributed by atoms with Crippen molar-refractivity contribution in [3.05, 3.63) is 30.0 Å². The highest BCUT2D eigenvalue weighted by atomic mass is 16.5. The first-order valence-electron chi connectivity index (χ1n) is 5.41. The second-order valence-electron chi connectivity index (χ2n) is 3.65. The summed E-state index contributed by atoms with van der Waals surface area (Å²) in [4.78, 5) is 11.5. The van der Waals surface area contributed by atoms with Gasteiger partial charge in [-0.05, 0) is 18.6 Å². The van der Waals surface area contributed by atoms with Crippen molar-refractivity contribution in [1.82, 2.24) is 10.5 Å². The van der Waals surface area contributed by atoms with E-state index >= 15 is 0 Å². The highest BCUT2D eigenvalue weighted by molar-refractivity contribution is 5.86. The summed E-state index contributed by atoms with van der Waals surface area (Å²) in [6.07, 6.45) is 1.21. The third kappa shape index (κ3) is 2.21. The van der Waals surface area contributed by atoms with E-state index in [1.807, 2.05) is 31.2 Å². The molecule has 0 saturated carbocycles. The highest BCUT2D eigenvalue weighted by Crippen LogP contribution is 2.17. The molecule has 1 heterocycles. The number of hydrogen-bond acceptors (Lipinski definition) is 3. The van der Waals surface area contributed by atoms with Crippen molar-refractivity contribution in [2.24, 2.45) is 0 Å². The predicted octanol–water partition coefficient (Wildman–Crippen LogP) is 1.90. The Labute approximate surface area is 93.6 Å². The van der Waals surface area contributed by atoms with E-state index in [4.69, 9.17) is 4.52 Å². The molecule has 0 fully saturated rings. The summed E-state index contributed by atoms with van der Waals surface area (Å²) in [6.45, 7) is 2.72. The molecule has 2 aromatic rings. The minimum absolute atomic E-state index is 0.0131. The van der Waals surface area contributed by atoms with Gasteiger partial charge in [0.2, 0.25) is 5.91 Å². The molecular weight excluding hydrogens is 204 g/mol. The van der Waals surface area contributed by atoms with Crippen molar-refractivity contribution in [1.29, 1.82) is 0 Å². The number of para-hydroxylation sites is 1. The second-order valence-corrected chi connectivity index (χ2v) is 3.65. The topological polar surface area (TPSA) is 55.1 Å². The fourth-order valence-corrected chi connectivity index (χ4v) is 1.54. The maximum atomic E-state index is 11.5. The van der Waals surface area contributed by atoms with Crippen molar-refractivity contribution >= 4 is 16.9 Å². The molecule has 0 aliphatic heterocycles. The Hall–Kier alpha value is -1.84. The van der Waals surface area contributed by atoms with Gasteiger partial charge in [0.1, 0.15) is 5.69 Å². The summed E-state index contributed by atoms with van der Waals surface area (Å²) in [6, 6.07) is 7.55. The molecule has 0 aliphatic carbocycles. The van der Waals surface area contributed by atoms with Crippen LogP contribution in [0.25, 0.3) is 11.0 Å². The first kappa shape index (κ1) is 10.7. The van der Waals surface area contributed by atoms with Crippen LogP contribution in [0.2, 0.25) is 0 Å². The minimum Gasteiger partial charge on any atom is -0.356 e. The lowest BCUT2D eigenvalue weighted by molar-refractivity contribution is -0.120. The van der Waals surface area contributed by atoms with Crippen LogP contribution in [0.5, 0.6) is 0 Å². The van der Waals surface area contributed by atoms with Crippen LogP contribution in [0.1, 0.15) is 19.0 Å². The Morgan fingerprint density at radius 1 is 1.44 bits per heavy atom. The van der Waals surface area contributed by atoms with E-state index in [2.05, 4.69) is 10.5 Å². The summed E-state index contributed by atoms with van der Waals surface area (Å²) in [7, 11) is 0. The fourth-order valence-electron chi connectivity index (χ4n) is 1.54. The molecule has 0 saturated heterocycles. The molecule has 0 unspecified atom stereocenters. The monoisotopic (exact) mass is 218 g/mol. The summed E-state index contributed by atoms with van der Waals surface area (Å²) in [5.41, 5.74) is 1.42. The van der Waals surface area contributed by atoms with Crippen molar-refractivity contribution in [2.75, 3.05) is 6.54 Å². The van der Waals surface area contributed by atoms with E-state index in [0.717, 1.165) is 17.4 Å². The van der Waals surface area contributed by atoms with Gasteiger partial charge in [0.15, 0.2) is 5.58 Å². The third-order valence-corrected chi connectivity index (χ3v) is 2.35. The second kappa shape index (κ2) is 4.79. The van der Waals surface area contributed by atoms with Gasteiger partial charge in [0.05, 0.1) is 6.42 Å². The lowest BCUT2D eigenvalue weighted by Gasteiger charge is -2.00. The summed E-state index contributed by atoms with van der Waals surface area (Å²) >= 11 is 0. The molecule has 1 amide bonds. The quantitative estimate of drug-likeness (QED) is 0.852. The number of carbonyl (C=O) groups is 1. The zero-order chi connectivity index (χ0) is 11.4. The van der Waals surface area contributed by atoms with Crippen LogP contribution in [-0.2, 0) is 11.2 Å². The van der Waals surface area contributed by atoms with Crippen LogP contribution in [0.15, 0.2) is 28.8 Å². The van der Waals surface area contributed by atoms with Gasteiger partial charge >= 0.3 is 0 Å². The number of fused-ring (bicyclic) bond motifs is 1. The van der Waals surface area contributed by atoms with Crippen LogP contribution >= 0.6 is 0 Å². The molecule has 0 aliphatic rings. The van der Waals surface area contributed by atoms with E-state index in [1.165, 1.54) is 0 Å². The number of hydrogen-bond donors (Lipinski definition) is 1. The van der Waals surface area contributed by atoms with E-state index in [9.17, 15) is 4.79 Å². The van der Waals surface area contributed by atoms with Gasteiger partial charge in [0, 0.05) is 11.9 Å². The zero-order valence-electron chi connectivity index (χ0n) is 9.19. The molecule has 1 aromatic heterocycles. The maximum Gasteiger partial charge on any atom is 0.226 e. The number of nitrogens with zero attached hydrogens (tertiary/aromatic N) is 1. The molecule has 84 valence electrons. The van der Waals surface area contributed by atoms with Crippen LogP contribution in [0, 0.1) is 0 Å². The molecule has 0 bridgehead atoms. The molecular formula is C12H14N2O2. The van der Waals surface area contributed by atoms with E-state index in [1.54, 1.807) is 0 Å². The normalized spacial score (nSPS) is 10.6. The summed E-state index contributed by atoms with van der Waals surface area (Å²) in [5, 5.41) is 7.63. The van der Waals surface area contributed by atoms with Crippen molar-refractivity contribution < 1.29 is 9.32 Å². The van der Waals surface area contributed by atoms with Crippen molar-refractivity contribution in [3.8, 4) is 0 Å². The Bertz CT molecular complexity index is 490. The highest BCUT2D eigenvalue weighted by Gasteiger charge is 2.10. The number of carbonyl (C=O) groups excluding carboxylic acids is 1. The van der Waals surface area contributed by atoms with E-state index < -0.39 is 0 Å². The first-order chi connectivity index (χ1) is 7.81. The molecule has 1 aromatic carbocycles. The van der Waals surface area contributed by atoms with E-state index in [0.29, 0.717) is 12.2 Å². The van der Waals surface area contributed by atoms with Gasteiger partial charge in [0.25, 0.3) is 0 Å².